The molecule has 1 heterocycles. The molecule has 0 unspecified atom stereocenters. The van der Waals surface area contributed by atoms with Gasteiger partial charge in [-0.15, -0.1) is 0 Å². The van der Waals surface area contributed by atoms with Crippen LogP contribution in [0.5, 0.6) is 0 Å². The highest BCUT2D eigenvalue weighted by atomic mass is 15.1. The number of rotatable bonds is 2. The third-order valence-electron chi connectivity index (χ3n) is 3.67. The zero-order valence-electron chi connectivity index (χ0n) is 12.9. The van der Waals surface area contributed by atoms with E-state index >= 15 is 0 Å². The molecule has 0 atom stereocenters. The van der Waals surface area contributed by atoms with Gasteiger partial charge in [-0.25, -0.2) is 4.98 Å². The zero-order valence-corrected chi connectivity index (χ0v) is 12.9. The standard InChI is InChI=1S/C17H21N3/c1-12-15(10-11-18)20(5)16(19-12)13-6-8-14(9-7-13)17(2,3)4/h6-9H,10H2,1-5H3. The lowest BCUT2D eigenvalue weighted by Crippen LogP contribution is -2.10. The Morgan fingerprint density at radius 2 is 1.80 bits per heavy atom. The molecule has 1 aromatic heterocycles. The van der Waals surface area contributed by atoms with Crippen molar-refractivity contribution in [3.05, 3.63) is 41.2 Å². The molecule has 0 saturated heterocycles. The van der Waals surface area contributed by atoms with Crippen molar-refractivity contribution in [1.82, 2.24) is 9.55 Å². The van der Waals surface area contributed by atoms with Gasteiger partial charge in [0.25, 0.3) is 0 Å². The van der Waals surface area contributed by atoms with Gasteiger partial charge in [0.15, 0.2) is 0 Å². The first-order chi connectivity index (χ1) is 9.34. The zero-order chi connectivity index (χ0) is 14.9. The summed E-state index contributed by atoms with van der Waals surface area (Å²) in [6.07, 6.45) is 0.398. The van der Waals surface area contributed by atoms with Gasteiger partial charge >= 0.3 is 0 Å². The van der Waals surface area contributed by atoms with Crippen molar-refractivity contribution in [3.63, 3.8) is 0 Å². The van der Waals surface area contributed by atoms with Crippen molar-refractivity contribution in [2.75, 3.05) is 0 Å². The van der Waals surface area contributed by atoms with Crippen LogP contribution in [0.4, 0.5) is 0 Å². The Morgan fingerprint density at radius 3 is 2.30 bits per heavy atom. The first-order valence-corrected chi connectivity index (χ1v) is 6.84. The maximum absolute atomic E-state index is 8.88. The molecule has 0 bridgehead atoms. The van der Waals surface area contributed by atoms with E-state index in [1.165, 1.54) is 5.56 Å². The van der Waals surface area contributed by atoms with Crippen LogP contribution in [-0.2, 0) is 18.9 Å². The smallest absolute Gasteiger partial charge is 0.140 e. The molecule has 0 amide bonds. The van der Waals surface area contributed by atoms with Crippen molar-refractivity contribution in [3.8, 4) is 17.5 Å². The number of hydrogen-bond acceptors (Lipinski definition) is 2. The Labute approximate surface area is 120 Å². The minimum absolute atomic E-state index is 0.155. The molecule has 0 aliphatic heterocycles. The molecule has 0 fully saturated rings. The van der Waals surface area contributed by atoms with Crippen LogP contribution in [0.15, 0.2) is 24.3 Å². The second-order valence-corrected chi connectivity index (χ2v) is 6.19. The molecule has 3 heteroatoms. The molecule has 0 N–H and O–H groups in total. The van der Waals surface area contributed by atoms with Crippen molar-refractivity contribution in [2.24, 2.45) is 7.05 Å². The lowest BCUT2D eigenvalue weighted by Gasteiger charge is -2.19. The third kappa shape index (κ3) is 2.60. The number of nitrogens with zero attached hydrogens (tertiary/aromatic N) is 3. The van der Waals surface area contributed by atoms with Gasteiger partial charge in [-0.1, -0.05) is 45.0 Å². The normalized spacial score (nSPS) is 11.4. The van der Waals surface area contributed by atoms with E-state index in [1.807, 2.05) is 18.5 Å². The highest BCUT2D eigenvalue weighted by molar-refractivity contribution is 5.58. The van der Waals surface area contributed by atoms with Crippen LogP contribution in [-0.4, -0.2) is 9.55 Å². The van der Waals surface area contributed by atoms with Crippen LogP contribution in [0.25, 0.3) is 11.4 Å². The minimum atomic E-state index is 0.155. The van der Waals surface area contributed by atoms with Gasteiger partial charge in [-0.2, -0.15) is 5.26 Å². The fraction of sp³-hybridized carbons (Fsp3) is 0.412. The van der Waals surface area contributed by atoms with Gasteiger partial charge in [-0.05, 0) is 17.9 Å². The molecule has 0 spiro atoms. The molecule has 2 rings (SSSR count). The number of hydrogen-bond donors (Lipinski definition) is 0. The van der Waals surface area contributed by atoms with Gasteiger partial charge in [0, 0.05) is 12.6 Å². The SMILES string of the molecule is Cc1nc(-c2ccc(C(C)(C)C)cc2)n(C)c1CC#N. The van der Waals surface area contributed by atoms with E-state index in [0.29, 0.717) is 6.42 Å². The van der Waals surface area contributed by atoms with Crippen molar-refractivity contribution < 1.29 is 0 Å². The number of aromatic nitrogens is 2. The van der Waals surface area contributed by atoms with Gasteiger partial charge < -0.3 is 4.57 Å². The van der Waals surface area contributed by atoms with Gasteiger partial charge in [0.1, 0.15) is 5.82 Å². The second-order valence-electron chi connectivity index (χ2n) is 6.19. The Morgan fingerprint density at radius 1 is 1.20 bits per heavy atom. The Bertz CT molecular complexity index is 649. The Balaban J connectivity index is 2.43. The maximum Gasteiger partial charge on any atom is 0.140 e. The number of nitriles is 1. The van der Waals surface area contributed by atoms with E-state index in [4.69, 9.17) is 5.26 Å². The minimum Gasteiger partial charge on any atom is -0.330 e. The average molecular weight is 267 g/mol. The van der Waals surface area contributed by atoms with Crippen molar-refractivity contribution in [1.29, 1.82) is 5.26 Å². The predicted molar refractivity (Wildman–Crippen MR) is 81.4 cm³/mol. The van der Waals surface area contributed by atoms with Crippen LogP contribution < -0.4 is 0 Å². The molecule has 0 aliphatic carbocycles. The second kappa shape index (κ2) is 5.13. The molecule has 0 radical (unpaired) electrons. The number of aryl methyl sites for hydroxylation is 1. The Hall–Kier alpha value is -2.08. The third-order valence-corrected chi connectivity index (χ3v) is 3.67. The topological polar surface area (TPSA) is 41.6 Å². The van der Waals surface area contributed by atoms with Gasteiger partial charge in [-0.3, -0.25) is 0 Å². The summed E-state index contributed by atoms with van der Waals surface area (Å²) >= 11 is 0. The van der Waals surface area contributed by atoms with E-state index in [2.05, 4.69) is 56.1 Å². The largest absolute Gasteiger partial charge is 0.330 e. The summed E-state index contributed by atoms with van der Waals surface area (Å²) < 4.78 is 2.02. The van der Waals surface area contributed by atoms with E-state index in [0.717, 1.165) is 22.8 Å². The van der Waals surface area contributed by atoms with Crippen molar-refractivity contribution >= 4 is 0 Å². The number of benzene rings is 1. The van der Waals surface area contributed by atoms with E-state index in [-0.39, 0.29) is 5.41 Å². The summed E-state index contributed by atoms with van der Waals surface area (Å²) in [5.41, 5.74) is 4.48. The molecular formula is C17H21N3. The van der Waals surface area contributed by atoms with Crippen LogP contribution >= 0.6 is 0 Å². The molecule has 20 heavy (non-hydrogen) atoms. The molecule has 3 nitrogen and oxygen atoms in total. The number of imidazole rings is 1. The van der Waals surface area contributed by atoms with Gasteiger partial charge in [0.05, 0.1) is 23.9 Å². The predicted octanol–water partition coefficient (Wildman–Crippen LogP) is 3.76. The summed E-state index contributed by atoms with van der Waals surface area (Å²) in [5, 5.41) is 8.88. The van der Waals surface area contributed by atoms with Crippen LogP contribution in [0, 0.1) is 18.3 Å². The molecule has 0 aliphatic rings. The van der Waals surface area contributed by atoms with E-state index in [1.54, 1.807) is 0 Å². The van der Waals surface area contributed by atoms with Crippen LogP contribution in [0.3, 0.4) is 0 Å². The fourth-order valence-electron chi connectivity index (χ4n) is 2.37. The first kappa shape index (κ1) is 14.3. The lowest BCUT2D eigenvalue weighted by atomic mass is 9.87. The Kier molecular flexibility index (Phi) is 3.67. The molecule has 1 aromatic carbocycles. The van der Waals surface area contributed by atoms with Crippen LogP contribution in [0.1, 0.15) is 37.7 Å². The first-order valence-electron chi connectivity index (χ1n) is 6.84. The highest BCUT2D eigenvalue weighted by Gasteiger charge is 2.15. The van der Waals surface area contributed by atoms with E-state index in [9.17, 15) is 0 Å². The lowest BCUT2D eigenvalue weighted by molar-refractivity contribution is 0.590. The molecular weight excluding hydrogens is 246 g/mol. The summed E-state index contributed by atoms with van der Waals surface area (Å²) in [6.45, 7) is 8.58. The van der Waals surface area contributed by atoms with Gasteiger partial charge in [0.2, 0.25) is 0 Å². The molecule has 104 valence electrons. The summed E-state index contributed by atoms with van der Waals surface area (Å²) in [6, 6.07) is 10.7. The summed E-state index contributed by atoms with van der Waals surface area (Å²) in [7, 11) is 1.97. The summed E-state index contributed by atoms with van der Waals surface area (Å²) in [5.74, 6) is 0.924. The molecule has 0 saturated carbocycles. The van der Waals surface area contributed by atoms with E-state index < -0.39 is 0 Å². The monoisotopic (exact) mass is 267 g/mol. The van der Waals surface area contributed by atoms with Crippen LogP contribution in [0.2, 0.25) is 0 Å². The van der Waals surface area contributed by atoms with Crippen molar-refractivity contribution in [2.45, 2.75) is 39.5 Å². The summed E-state index contributed by atoms with van der Waals surface area (Å²) in [4.78, 5) is 4.60. The maximum atomic E-state index is 8.88. The fourth-order valence-corrected chi connectivity index (χ4v) is 2.37. The quantitative estimate of drug-likeness (QED) is 0.831. The molecule has 2 aromatic rings. The highest BCUT2D eigenvalue weighted by Crippen LogP contribution is 2.26. The average Bonchev–Trinajstić information content (AvgIpc) is 2.66.